The van der Waals surface area contributed by atoms with Gasteiger partial charge in [-0.1, -0.05) is 71.2 Å². The fourth-order valence-electron chi connectivity index (χ4n) is 3.70. The molecule has 36 heavy (non-hydrogen) atoms. The molecule has 0 fully saturated rings. The molecule has 0 radical (unpaired) electrons. The zero-order chi connectivity index (χ0) is 25.8. The second-order valence-corrected chi connectivity index (χ2v) is 9.93. The van der Waals surface area contributed by atoms with E-state index in [1.165, 1.54) is 10.2 Å². The van der Waals surface area contributed by atoms with Gasteiger partial charge in [0.15, 0.2) is 11.5 Å². The summed E-state index contributed by atoms with van der Waals surface area (Å²) in [4.78, 5) is 18.1. The van der Waals surface area contributed by atoms with E-state index >= 15 is 0 Å². The van der Waals surface area contributed by atoms with Gasteiger partial charge in [-0.15, -0.1) is 0 Å². The second kappa shape index (κ2) is 11.3. The average molecular weight is 569 g/mol. The van der Waals surface area contributed by atoms with Crippen LogP contribution in [0, 0.1) is 6.92 Å². The minimum Gasteiger partial charge on any atom is -0.493 e. The molecule has 0 saturated heterocycles. The smallest absolute Gasteiger partial charge is 0.282 e. The Bertz CT molecular complexity index is 1480. The Morgan fingerprint density at radius 1 is 1.17 bits per heavy atom. The van der Waals surface area contributed by atoms with Crippen molar-refractivity contribution in [3.63, 3.8) is 0 Å². The first kappa shape index (κ1) is 25.9. The predicted molar refractivity (Wildman–Crippen MR) is 149 cm³/mol. The van der Waals surface area contributed by atoms with Crippen LogP contribution in [-0.2, 0) is 6.61 Å². The molecule has 4 rings (SSSR count). The lowest BCUT2D eigenvalue weighted by Gasteiger charge is -2.15. The maximum Gasteiger partial charge on any atom is 0.282 e. The van der Waals surface area contributed by atoms with Crippen molar-refractivity contribution >= 4 is 44.6 Å². The highest BCUT2D eigenvalue weighted by Gasteiger charge is 2.16. The summed E-state index contributed by atoms with van der Waals surface area (Å²) in [6.45, 7) is 6.47. The number of hydrogen-bond acceptors (Lipinski definition) is 5. The first-order valence-electron chi connectivity index (χ1n) is 11.6. The van der Waals surface area contributed by atoms with Crippen molar-refractivity contribution < 1.29 is 9.47 Å². The van der Waals surface area contributed by atoms with Crippen molar-refractivity contribution in [3.05, 3.63) is 97.0 Å². The van der Waals surface area contributed by atoms with Gasteiger partial charge in [0, 0.05) is 10.4 Å². The van der Waals surface area contributed by atoms with Crippen molar-refractivity contribution in [2.45, 2.75) is 39.7 Å². The van der Waals surface area contributed by atoms with Gasteiger partial charge >= 0.3 is 0 Å². The zero-order valence-electron chi connectivity index (χ0n) is 20.6. The van der Waals surface area contributed by atoms with Gasteiger partial charge in [-0.2, -0.15) is 9.78 Å². The Labute approximate surface area is 223 Å². The van der Waals surface area contributed by atoms with Crippen LogP contribution in [0.15, 0.2) is 69.0 Å². The molecule has 0 bridgehead atoms. The van der Waals surface area contributed by atoms with E-state index in [9.17, 15) is 4.79 Å². The Morgan fingerprint density at radius 3 is 2.61 bits per heavy atom. The molecule has 1 atom stereocenters. The van der Waals surface area contributed by atoms with E-state index < -0.39 is 0 Å². The number of hydrogen-bond donors (Lipinski definition) is 0. The first-order chi connectivity index (χ1) is 17.3. The zero-order valence-corrected chi connectivity index (χ0v) is 22.9. The molecule has 0 aliphatic rings. The maximum absolute atomic E-state index is 13.3. The number of methoxy groups -OCH3 is 1. The van der Waals surface area contributed by atoms with E-state index in [4.69, 9.17) is 26.1 Å². The molecule has 8 heteroatoms. The first-order valence-corrected chi connectivity index (χ1v) is 12.8. The van der Waals surface area contributed by atoms with Crippen LogP contribution in [0.5, 0.6) is 11.5 Å². The Morgan fingerprint density at radius 2 is 1.92 bits per heavy atom. The van der Waals surface area contributed by atoms with E-state index in [1.807, 2.05) is 50.2 Å². The van der Waals surface area contributed by atoms with Gasteiger partial charge in [0.2, 0.25) is 0 Å². The number of fused-ring (bicyclic) bond motifs is 1. The van der Waals surface area contributed by atoms with Crippen LogP contribution in [0.3, 0.4) is 0 Å². The van der Waals surface area contributed by atoms with E-state index in [1.54, 1.807) is 31.5 Å². The van der Waals surface area contributed by atoms with Crippen LogP contribution in [0.4, 0.5) is 0 Å². The molecule has 1 aromatic heterocycles. The lowest BCUT2D eigenvalue weighted by Crippen LogP contribution is -2.23. The molecule has 0 N–H and O–H groups in total. The number of benzene rings is 3. The van der Waals surface area contributed by atoms with Crippen molar-refractivity contribution in [1.29, 1.82) is 0 Å². The molecule has 1 heterocycles. The third kappa shape index (κ3) is 5.63. The summed E-state index contributed by atoms with van der Waals surface area (Å²) in [5.74, 6) is 1.57. The fourth-order valence-corrected chi connectivity index (χ4v) is 4.33. The average Bonchev–Trinajstić information content (AvgIpc) is 2.87. The number of rotatable bonds is 8. The topological polar surface area (TPSA) is 65.7 Å². The normalized spacial score (nSPS) is 12.3. The minimum atomic E-state index is -0.232. The van der Waals surface area contributed by atoms with Crippen LogP contribution >= 0.6 is 27.5 Å². The third-order valence-corrected chi connectivity index (χ3v) is 6.74. The van der Waals surface area contributed by atoms with Gasteiger partial charge in [0.25, 0.3) is 5.56 Å². The number of nitrogens with zero attached hydrogens (tertiary/aromatic N) is 3. The second-order valence-electron chi connectivity index (χ2n) is 8.61. The van der Waals surface area contributed by atoms with Crippen molar-refractivity contribution in [2.24, 2.45) is 5.10 Å². The minimum absolute atomic E-state index is 0.0403. The number of aryl methyl sites for hydroxylation is 1. The maximum atomic E-state index is 13.3. The van der Waals surface area contributed by atoms with Gasteiger partial charge < -0.3 is 9.47 Å². The van der Waals surface area contributed by atoms with Crippen LogP contribution in [0.25, 0.3) is 10.9 Å². The van der Waals surface area contributed by atoms with Gasteiger partial charge in [0.1, 0.15) is 12.4 Å². The Kier molecular flexibility index (Phi) is 8.11. The number of ether oxygens (including phenoxy) is 2. The largest absolute Gasteiger partial charge is 0.493 e. The van der Waals surface area contributed by atoms with E-state index in [0.717, 1.165) is 16.5 Å². The summed E-state index contributed by atoms with van der Waals surface area (Å²) in [5, 5.41) is 5.40. The predicted octanol–water partition coefficient (Wildman–Crippen LogP) is 7.10. The van der Waals surface area contributed by atoms with Crippen molar-refractivity contribution in [3.8, 4) is 11.5 Å². The highest BCUT2D eigenvalue weighted by Crippen LogP contribution is 2.36. The number of aromatic nitrogens is 2. The molecule has 6 nitrogen and oxygen atoms in total. The third-order valence-electron chi connectivity index (χ3n) is 5.96. The van der Waals surface area contributed by atoms with Gasteiger partial charge in [-0.25, -0.2) is 4.98 Å². The van der Waals surface area contributed by atoms with Crippen LogP contribution in [0.1, 0.15) is 48.7 Å². The molecule has 0 aliphatic heterocycles. The number of halogens is 2. The molecular formula is C28H27BrClN3O3. The van der Waals surface area contributed by atoms with Gasteiger partial charge in [0.05, 0.1) is 29.2 Å². The summed E-state index contributed by atoms with van der Waals surface area (Å²) >= 11 is 10.00. The standard InChI is InChI=1S/C28H27BrClN3O3/c1-5-18(3)27-32-24-11-10-21(29)14-22(24)28(34)33(27)31-15-20-12-23(30)26(25(13-20)35-4)36-16-19-8-6-17(2)7-9-19/h6-15,18H,5,16H2,1-4H3/t18-/m1/s1. The Hall–Kier alpha value is -3.16. The lowest BCUT2D eigenvalue weighted by molar-refractivity contribution is 0.284. The van der Waals surface area contributed by atoms with Crippen molar-refractivity contribution in [1.82, 2.24) is 9.66 Å². The highest BCUT2D eigenvalue weighted by atomic mass is 79.9. The molecular weight excluding hydrogens is 542 g/mol. The van der Waals surface area contributed by atoms with Crippen LogP contribution in [0.2, 0.25) is 5.02 Å². The molecule has 0 aliphatic carbocycles. The van der Waals surface area contributed by atoms with Crippen molar-refractivity contribution in [2.75, 3.05) is 7.11 Å². The fraction of sp³-hybridized carbons (Fsp3) is 0.250. The molecule has 0 saturated carbocycles. The molecule has 186 valence electrons. The summed E-state index contributed by atoms with van der Waals surface area (Å²) in [6, 6.07) is 17.1. The molecule has 0 spiro atoms. The molecule has 0 amide bonds. The quantitative estimate of drug-likeness (QED) is 0.213. The summed E-state index contributed by atoms with van der Waals surface area (Å²) < 4.78 is 13.7. The van der Waals surface area contributed by atoms with E-state index in [2.05, 4.69) is 28.0 Å². The highest BCUT2D eigenvalue weighted by molar-refractivity contribution is 9.10. The van der Waals surface area contributed by atoms with E-state index in [0.29, 0.717) is 45.4 Å². The van der Waals surface area contributed by atoms with Gasteiger partial charge in [-0.05, 0) is 54.8 Å². The molecule has 3 aromatic carbocycles. The molecule has 0 unspecified atom stereocenters. The summed E-state index contributed by atoms with van der Waals surface area (Å²) in [5.41, 5.74) is 3.28. The van der Waals surface area contributed by atoms with E-state index in [-0.39, 0.29) is 11.5 Å². The van der Waals surface area contributed by atoms with Crippen LogP contribution in [-0.4, -0.2) is 23.0 Å². The lowest BCUT2D eigenvalue weighted by atomic mass is 10.1. The molecule has 4 aromatic rings. The van der Waals surface area contributed by atoms with Crippen LogP contribution < -0.4 is 15.0 Å². The Balaban J connectivity index is 1.69. The summed E-state index contributed by atoms with van der Waals surface area (Å²) in [6.07, 6.45) is 2.40. The van der Waals surface area contributed by atoms with Gasteiger partial charge in [-0.3, -0.25) is 4.79 Å². The monoisotopic (exact) mass is 567 g/mol. The SMILES string of the molecule is CC[C@@H](C)c1nc2ccc(Br)cc2c(=O)n1N=Cc1cc(Cl)c(OCc2ccc(C)cc2)c(OC)c1. The summed E-state index contributed by atoms with van der Waals surface area (Å²) in [7, 11) is 1.56.